The molecule has 2 heterocycles. The van der Waals surface area contributed by atoms with Crippen LogP contribution in [-0.4, -0.2) is 45.1 Å². The largest absolute Gasteiger partial charge is 0.481 e. The molecule has 2 unspecified atom stereocenters. The summed E-state index contributed by atoms with van der Waals surface area (Å²) in [5, 5.41) is 18.2. The van der Waals surface area contributed by atoms with Crippen molar-refractivity contribution in [3.05, 3.63) is 17.8 Å². The average Bonchev–Trinajstić information content (AvgIpc) is 2.74. The van der Waals surface area contributed by atoms with Crippen molar-refractivity contribution >= 4 is 11.9 Å². The molecule has 19 heavy (non-hydrogen) atoms. The zero-order chi connectivity index (χ0) is 14.0. The van der Waals surface area contributed by atoms with Gasteiger partial charge in [-0.05, 0) is 19.9 Å². The van der Waals surface area contributed by atoms with Gasteiger partial charge in [-0.1, -0.05) is 0 Å². The van der Waals surface area contributed by atoms with E-state index in [0.717, 1.165) is 5.69 Å². The summed E-state index contributed by atoms with van der Waals surface area (Å²) < 4.78 is 5.09. The monoisotopic (exact) mass is 268 g/mol. The van der Waals surface area contributed by atoms with Gasteiger partial charge in [-0.25, -0.2) is 4.98 Å². The van der Waals surface area contributed by atoms with Gasteiger partial charge in [0.05, 0.1) is 17.5 Å². The Morgan fingerprint density at radius 3 is 2.63 bits per heavy atom. The highest BCUT2D eigenvalue weighted by atomic mass is 16.4. The van der Waals surface area contributed by atoms with Crippen molar-refractivity contribution in [3.63, 3.8) is 0 Å². The Morgan fingerprint density at radius 1 is 1.42 bits per heavy atom. The quantitative estimate of drug-likeness (QED) is 0.823. The smallest absolute Gasteiger partial charge is 0.308 e. The average molecular weight is 268 g/mol. The lowest BCUT2D eigenvalue weighted by molar-refractivity contribution is -0.157. The predicted molar refractivity (Wildman–Crippen MR) is 63.4 cm³/mol. The Bertz CT molecular complexity index is 484. The van der Waals surface area contributed by atoms with E-state index in [1.54, 1.807) is 6.92 Å². The zero-order valence-electron chi connectivity index (χ0n) is 10.6. The zero-order valence-corrected chi connectivity index (χ0v) is 10.6. The van der Waals surface area contributed by atoms with Crippen molar-refractivity contribution in [2.75, 3.05) is 13.1 Å². The first kappa shape index (κ1) is 13.5. The second kappa shape index (κ2) is 5.40. The molecule has 0 spiro atoms. The van der Waals surface area contributed by atoms with Crippen LogP contribution in [0.1, 0.15) is 17.9 Å². The fourth-order valence-electron chi connectivity index (χ4n) is 2.40. The van der Waals surface area contributed by atoms with E-state index in [2.05, 4.69) is 4.98 Å². The molecule has 1 aliphatic rings. The van der Waals surface area contributed by atoms with E-state index in [9.17, 15) is 9.59 Å². The summed E-state index contributed by atoms with van der Waals surface area (Å²) >= 11 is 0. The predicted octanol–water partition coefficient (Wildman–Crippen LogP) is 0.590. The number of hydrogen-bond acceptors (Lipinski definition) is 5. The van der Waals surface area contributed by atoms with Gasteiger partial charge < -0.3 is 14.6 Å². The molecule has 7 nitrogen and oxygen atoms in total. The molecule has 0 aromatic carbocycles. The number of oxazole rings is 1. The fourth-order valence-corrected chi connectivity index (χ4v) is 2.40. The van der Waals surface area contributed by atoms with E-state index in [1.165, 1.54) is 6.39 Å². The van der Waals surface area contributed by atoms with Gasteiger partial charge in [-0.15, -0.1) is 0 Å². The molecule has 0 amide bonds. The van der Waals surface area contributed by atoms with E-state index in [0.29, 0.717) is 25.3 Å². The van der Waals surface area contributed by atoms with Gasteiger partial charge >= 0.3 is 11.9 Å². The van der Waals surface area contributed by atoms with E-state index in [-0.39, 0.29) is 6.54 Å². The minimum absolute atomic E-state index is 0.221. The molecule has 7 heteroatoms. The highest BCUT2D eigenvalue weighted by Gasteiger charge is 2.38. The van der Waals surface area contributed by atoms with Gasteiger partial charge in [0, 0.05) is 13.1 Å². The topological polar surface area (TPSA) is 104 Å². The highest BCUT2D eigenvalue weighted by Crippen LogP contribution is 2.25. The van der Waals surface area contributed by atoms with Crippen LogP contribution < -0.4 is 0 Å². The number of carboxylic acid groups (broad SMARTS) is 2. The number of carbonyl (C=O) groups is 2. The van der Waals surface area contributed by atoms with Crippen LogP contribution in [0.15, 0.2) is 10.8 Å². The summed E-state index contributed by atoms with van der Waals surface area (Å²) in [6, 6.07) is 0. The number of aromatic nitrogens is 1. The van der Waals surface area contributed by atoms with E-state index < -0.39 is 23.8 Å². The van der Waals surface area contributed by atoms with Crippen LogP contribution in [0, 0.1) is 18.8 Å². The normalized spacial score (nSPS) is 24.3. The van der Waals surface area contributed by atoms with Crippen molar-refractivity contribution in [1.82, 2.24) is 9.88 Å². The highest BCUT2D eigenvalue weighted by molar-refractivity contribution is 5.80. The van der Waals surface area contributed by atoms with Crippen molar-refractivity contribution in [2.24, 2.45) is 11.8 Å². The molecule has 0 radical (unpaired) electrons. The maximum atomic E-state index is 11.2. The van der Waals surface area contributed by atoms with E-state index >= 15 is 0 Å². The first-order valence-corrected chi connectivity index (χ1v) is 6.06. The molecule has 1 aliphatic heterocycles. The molecule has 2 N–H and O–H groups in total. The Morgan fingerprint density at radius 2 is 2.11 bits per heavy atom. The minimum atomic E-state index is -1.06. The van der Waals surface area contributed by atoms with Crippen molar-refractivity contribution in [3.8, 4) is 0 Å². The lowest BCUT2D eigenvalue weighted by Gasteiger charge is -2.34. The third kappa shape index (κ3) is 2.93. The number of hydrogen-bond donors (Lipinski definition) is 2. The van der Waals surface area contributed by atoms with Crippen LogP contribution in [0.25, 0.3) is 0 Å². The number of aryl methyl sites for hydroxylation is 1. The van der Waals surface area contributed by atoms with Crippen molar-refractivity contribution in [1.29, 1.82) is 0 Å². The standard InChI is InChI=1S/C12H16N2O5/c1-7-10(13-6-19-7)5-14-3-2-8(11(15)16)9(4-14)12(17)18/h6,8-9H,2-5H2,1H3,(H,15,16)(H,17,18). The van der Waals surface area contributed by atoms with Gasteiger partial charge in [0.15, 0.2) is 6.39 Å². The molecule has 0 bridgehead atoms. The lowest BCUT2D eigenvalue weighted by Crippen LogP contribution is -2.46. The maximum Gasteiger partial charge on any atom is 0.308 e. The Hall–Kier alpha value is -1.89. The summed E-state index contributed by atoms with van der Waals surface area (Å²) in [6.45, 7) is 3.05. The minimum Gasteiger partial charge on any atom is -0.481 e. The molecular formula is C12H16N2O5. The van der Waals surface area contributed by atoms with Gasteiger partial charge in [-0.3, -0.25) is 14.5 Å². The number of carboxylic acids is 2. The maximum absolute atomic E-state index is 11.2. The number of likely N-dealkylation sites (tertiary alicyclic amines) is 1. The van der Waals surface area contributed by atoms with Gasteiger partial charge in [0.25, 0.3) is 0 Å². The van der Waals surface area contributed by atoms with Crippen LogP contribution in [0.3, 0.4) is 0 Å². The number of nitrogens with zero attached hydrogens (tertiary/aromatic N) is 2. The van der Waals surface area contributed by atoms with Gasteiger partial charge in [-0.2, -0.15) is 0 Å². The number of rotatable bonds is 4. The summed E-state index contributed by atoms with van der Waals surface area (Å²) in [4.78, 5) is 28.2. The van der Waals surface area contributed by atoms with Crippen LogP contribution in [0.4, 0.5) is 0 Å². The van der Waals surface area contributed by atoms with Crippen molar-refractivity contribution in [2.45, 2.75) is 19.9 Å². The lowest BCUT2D eigenvalue weighted by atomic mass is 9.85. The second-order valence-corrected chi connectivity index (χ2v) is 4.77. The molecule has 2 atom stereocenters. The van der Waals surface area contributed by atoms with Crippen LogP contribution >= 0.6 is 0 Å². The van der Waals surface area contributed by atoms with E-state index in [1.807, 2.05) is 4.90 Å². The first-order valence-electron chi connectivity index (χ1n) is 6.06. The van der Waals surface area contributed by atoms with Gasteiger partial charge in [0.1, 0.15) is 5.76 Å². The fraction of sp³-hybridized carbons (Fsp3) is 0.583. The summed E-state index contributed by atoms with van der Waals surface area (Å²) in [7, 11) is 0. The van der Waals surface area contributed by atoms with E-state index in [4.69, 9.17) is 14.6 Å². The molecule has 1 aromatic rings. The molecule has 0 saturated carbocycles. The Kier molecular flexibility index (Phi) is 3.84. The molecule has 2 rings (SSSR count). The van der Waals surface area contributed by atoms with Crippen LogP contribution in [0.5, 0.6) is 0 Å². The summed E-state index contributed by atoms with van der Waals surface area (Å²) in [6.07, 6.45) is 1.69. The molecule has 104 valence electrons. The second-order valence-electron chi connectivity index (χ2n) is 4.77. The first-order chi connectivity index (χ1) is 8.99. The van der Waals surface area contributed by atoms with Crippen LogP contribution in [-0.2, 0) is 16.1 Å². The third-order valence-electron chi connectivity index (χ3n) is 3.55. The SMILES string of the molecule is Cc1ocnc1CN1CCC(C(=O)O)C(C(=O)O)C1. The number of aliphatic carboxylic acids is 2. The molecule has 1 fully saturated rings. The number of piperidine rings is 1. The Balaban J connectivity index is 2.05. The molecule has 1 saturated heterocycles. The summed E-state index contributed by atoms with van der Waals surface area (Å²) in [5.41, 5.74) is 0.762. The van der Waals surface area contributed by atoms with Crippen LogP contribution in [0.2, 0.25) is 0 Å². The molecular weight excluding hydrogens is 252 g/mol. The summed E-state index contributed by atoms with van der Waals surface area (Å²) in [5.74, 6) is -3.09. The Labute approximate surface area is 109 Å². The van der Waals surface area contributed by atoms with Crippen molar-refractivity contribution < 1.29 is 24.2 Å². The molecule has 1 aromatic heterocycles. The van der Waals surface area contributed by atoms with Gasteiger partial charge in [0.2, 0.25) is 0 Å². The molecule has 0 aliphatic carbocycles. The third-order valence-corrected chi connectivity index (χ3v) is 3.55.